The summed E-state index contributed by atoms with van der Waals surface area (Å²) in [5.41, 5.74) is 0.737. The Kier molecular flexibility index (Phi) is 8.18. The summed E-state index contributed by atoms with van der Waals surface area (Å²) < 4.78 is 10.1. The second-order valence-electron chi connectivity index (χ2n) is 5.12. The number of benzene rings is 1. The Morgan fingerprint density at radius 1 is 1.04 bits per heavy atom. The quantitative estimate of drug-likeness (QED) is 0.312. The van der Waals surface area contributed by atoms with Crippen LogP contribution < -0.4 is 0 Å². The molecule has 144 valence electrons. The number of carbonyl (C=O) groups excluding carboxylic acids is 1. The SMILES string of the molecule is COC(CN(C)C(=O)c1cc(CO[N+](=O)[O-])cc(CO[N+](=O)[O-])c1)OC. The molecule has 12 heteroatoms. The zero-order valence-electron chi connectivity index (χ0n) is 14.4. The fraction of sp³-hybridized carbons (Fsp3) is 0.500. The van der Waals surface area contributed by atoms with E-state index in [9.17, 15) is 25.0 Å². The summed E-state index contributed by atoms with van der Waals surface area (Å²) in [7, 11) is 4.37. The molecule has 0 unspecified atom stereocenters. The van der Waals surface area contributed by atoms with Gasteiger partial charge in [-0.3, -0.25) is 4.79 Å². The maximum Gasteiger partial charge on any atom is 0.294 e. The van der Waals surface area contributed by atoms with E-state index in [0.29, 0.717) is 0 Å². The minimum absolute atomic E-state index is 0.127. The highest BCUT2D eigenvalue weighted by molar-refractivity contribution is 5.94. The van der Waals surface area contributed by atoms with Crippen molar-refractivity contribution in [2.45, 2.75) is 19.5 Å². The van der Waals surface area contributed by atoms with Gasteiger partial charge in [-0.1, -0.05) is 6.07 Å². The van der Waals surface area contributed by atoms with Crippen LogP contribution >= 0.6 is 0 Å². The average molecular weight is 373 g/mol. The van der Waals surface area contributed by atoms with Crippen molar-refractivity contribution < 1.29 is 34.1 Å². The van der Waals surface area contributed by atoms with Gasteiger partial charge in [-0.05, 0) is 23.3 Å². The largest absolute Gasteiger partial charge is 0.354 e. The molecule has 0 aliphatic heterocycles. The molecule has 0 radical (unpaired) electrons. The molecule has 12 nitrogen and oxygen atoms in total. The van der Waals surface area contributed by atoms with E-state index in [4.69, 9.17) is 9.47 Å². The number of hydrogen-bond acceptors (Lipinski definition) is 9. The third-order valence-electron chi connectivity index (χ3n) is 3.27. The third kappa shape index (κ3) is 6.86. The smallest absolute Gasteiger partial charge is 0.294 e. The fourth-order valence-corrected chi connectivity index (χ4v) is 2.08. The first-order valence-corrected chi connectivity index (χ1v) is 7.25. The highest BCUT2D eigenvalue weighted by Gasteiger charge is 2.18. The molecule has 1 rings (SSSR count). The summed E-state index contributed by atoms with van der Waals surface area (Å²) in [6, 6.07) is 4.20. The lowest BCUT2D eigenvalue weighted by molar-refractivity contribution is -0.763. The Bertz CT molecular complexity index is 612. The average Bonchev–Trinajstić information content (AvgIpc) is 2.61. The third-order valence-corrected chi connectivity index (χ3v) is 3.27. The van der Waals surface area contributed by atoms with Gasteiger partial charge in [0, 0.05) is 26.8 Å². The molecule has 1 aromatic carbocycles. The van der Waals surface area contributed by atoms with Crippen LogP contribution in [0.2, 0.25) is 0 Å². The summed E-state index contributed by atoms with van der Waals surface area (Å²) in [6.07, 6.45) is -0.637. The molecule has 0 heterocycles. The molecule has 0 saturated carbocycles. The van der Waals surface area contributed by atoms with Crippen molar-refractivity contribution in [2.24, 2.45) is 0 Å². The van der Waals surface area contributed by atoms with Crippen molar-refractivity contribution >= 4 is 5.91 Å². The van der Waals surface area contributed by atoms with E-state index in [0.717, 1.165) is 0 Å². The van der Waals surface area contributed by atoms with Gasteiger partial charge in [0.15, 0.2) is 6.29 Å². The Morgan fingerprint density at radius 2 is 1.50 bits per heavy atom. The van der Waals surface area contributed by atoms with Crippen LogP contribution in [0.5, 0.6) is 0 Å². The highest BCUT2D eigenvalue weighted by Crippen LogP contribution is 2.15. The van der Waals surface area contributed by atoms with Crippen molar-refractivity contribution in [2.75, 3.05) is 27.8 Å². The zero-order chi connectivity index (χ0) is 19.7. The lowest BCUT2D eigenvalue weighted by Crippen LogP contribution is -2.36. The molecule has 0 aromatic heterocycles. The molecule has 1 amide bonds. The Labute approximate surface area is 148 Å². The predicted octanol–water partition coefficient (Wildman–Crippen LogP) is 0.794. The van der Waals surface area contributed by atoms with Crippen molar-refractivity contribution in [3.05, 3.63) is 55.1 Å². The van der Waals surface area contributed by atoms with E-state index in [1.54, 1.807) is 0 Å². The molecule has 0 spiro atoms. The van der Waals surface area contributed by atoms with Crippen molar-refractivity contribution in [3.8, 4) is 0 Å². The molecule has 0 atom stereocenters. The maximum atomic E-state index is 12.6. The molecular formula is C14H19N3O9. The summed E-state index contributed by atoms with van der Waals surface area (Å²) in [5.74, 6) is -0.436. The van der Waals surface area contributed by atoms with Gasteiger partial charge in [-0.15, -0.1) is 20.2 Å². The summed E-state index contributed by atoms with van der Waals surface area (Å²) in [5, 5.41) is 18.8. The monoisotopic (exact) mass is 373 g/mol. The van der Waals surface area contributed by atoms with Gasteiger partial charge >= 0.3 is 0 Å². The summed E-state index contributed by atoms with van der Waals surface area (Å²) in [4.78, 5) is 43.2. The van der Waals surface area contributed by atoms with Crippen molar-refractivity contribution in [1.29, 1.82) is 0 Å². The Morgan fingerprint density at radius 3 is 1.88 bits per heavy atom. The molecule has 26 heavy (non-hydrogen) atoms. The number of carbonyl (C=O) groups is 1. The highest BCUT2D eigenvalue weighted by atomic mass is 17.0. The van der Waals surface area contributed by atoms with Crippen molar-refractivity contribution in [1.82, 2.24) is 4.90 Å². The van der Waals surface area contributed by atoms with Crippen LogP contribution in [0.15, 0.2) is 18.2 Å². The normalized spacial score (nSPS) is 10.5. The van der Waals surface area contributed by atoms with Gasteiger partial charge in [0.1, 0.15) is 13.2 Å². The molecule has 1 aromatic rings. The lowest BCUT2D eigenvalue weighted by Gasteiger charge is -2.22. The van der Waals surface area contributed by atoms with E-state index in [2.05, 4.69) is 9.68 Å². The van der Waals surface area contributed by atoms with Gasteiger partial charge in [0.05, 0.1) is 6.54 Å². The molecule has 0 saturated heterocycles. The van der Waals surface area contributed by atoms with Gasteiger partial charge in [-0.2, -0.15) is 0 Å². The second-order valence-corrected chi connectivity index (χ2v) is 5.12. The number of nitrogens with zero attached hydrogens (tertiary/aromatic N) is 3. The van der Waals surface area contributed by atoms with Crippen molar-refractivity contribution in [3.63, 3.8) is 0 Å². The minimum atomic E-state index is -0.977. The molecule has 0 N–H and O–H groups in total. The Hall–Kier alpha value is -2.99. The lowest BCUT2D eigenvalue weighted by atomic mass is 10.1. The van der Waals surface area contributed by atoms with E-state index < -0.39 is 35.6 Å². The second kappa shape index (κ2) is 10.1. The zero-order valence-corrected chi connectivity index (χ0v) is 14.4. The van der Waals surface area contributed by atoms with Gasteiger partial charge in [0.2, 0.25) is 0 Å². The fourth-order valence-electron chi connectivity index (χ4n) is 2.08. The molecule has 0 aliphatic carbocycles. The first-order chi connectivity index (χ1) is 12.3. The van der Waals surface area contributed by atoms with Crippen LogP contribution in [0.1, 0.15) is 21.5 Å². The minimum Gasteiger partial charge on any atom is -0.354 e. The number of likely N-dealkylation sites (N-methyl/N-ethyl adjacent to an activating group) is 1. The molecule has 0 fully saturated rings. The predicted molar refractivity (Wildman–Crippen MR) is 84.8 cm³/mol. The van der Waals surface area contributed by atoms with Gasteiger partial charge in [0.25, 0.3) is 16.1 Å². The summed E-state index contributed by atoms with van der Waals surface area (Å²) >= 11 is 0. The van der Waals surface area contributed by atoms with E-state index in [1.165, 1.54) is 44.4 Å². The Balaban J connectivity index is 3.03. The van der Waals surface area contributed by atoms with E-state index >= 15 is 0 Å². The standard InChI is InChI=1S/C14H19N3O9/c1-15(7-13(23-2)24-3)14(18)12-5-10(8-25-16(19)20)4-11(6-12)9-26-17(21)22/h4-6,13H,7-9H2,1-3H3. The number of amides is 1. The molecule has 0 aliphatic rings. The first-order valence-electron chi connectivity index (χ1n) is 7.25. The van der Waals surface area contributed by atoms with Crippen LogP contribution in [-0.2, 0) is 32.4 Å². The van der Waals surface area contributed by atoms with Crippen LogP contribution in [0, 0.1) is 20.2 Å². The van der Waals surface area contributed by atoms with E-state index in [1.807, 2.05) is 0 Å². The number of ether oxygens (including phenoxy) is 2. The topological polar surface area (TPSA) is 144 Å². The van der Waals surface area contributed by atoms with Crippen LogP contribution in [0.4, 0.5) is 0 Å². The number of hydrogen-bond donors (Lipinski definition) is 0. The van der Waals surface area contributed by atoms with Crippen LogP contribution in [0.25, 0.3) is 0 Å². The van der Waals surface area contributed by atoms with Crippen LogP contribution in [0.3, 0.4) is 0 Å². The maximum absolute atomic E-state index is 12.6. The van der Waals surface area contributed by atoms with Gasteiger partial charge in [-0.25, -0.2) is 0 Å². The number of methoxy groups -OCH3 is 2. The van der Waals surface area contributed by atoms with Crippen LogP contribution in [-0.4, -0.2) is 55.1 Å². The molecular weight excluding hydrogens is 354 g/mol. The van der Waals surface area contributed by atoms with Gasteiger partial charge < -0.3 is 24.0 Å². The first kappa shape index (κ1) is 21.1. The van der Waals surface area contributed by atoms with E-state index in [-0.39, 0.29) is 23.2 Å². The summed E-state index contributed by atoms with van der Waals surface area (Å²) in [6.45, 7) is -0.702. The number of rotatable bonds is 11. The molecule has 0 bridgehead atoms.